The fraction of sp³-hybridized carbons (Fsp3) is 0.200. The zero-order valence-electron chi connectivity index (χ0n) is 20.7. The number of anilines is 1. The van der Waals surface area contributed by atoms with Crippen molar-refractivity contribution in [2.24, 2.45) is 0 Å². The Morgan fingerprint density at radius 1 is 1.00 bits per heavy atom. The summed E-state index contributed by atoms with van der Waals surface area (Å²) in [4.78, 5) is 4.40. The van der Waals surface area contributed by atoms with Gasteiger partial charge in [0.2, 0.25) is 21.9 Å². The summed E-state index contributed by atoms with van der Waals surface area (Å²) in [6, 6.07) is 15.6. The van der Waals surface area contributed by atoms with Crippen molar-refractivity contribution in [3.63, 3.8) is 0 Å². The summed E-state index contributed by atoms with van der Waals surface area (Å²) in [7, 11) is 0.376. The fourth-order valence-electron chi connectivity index (χ4n) is 3.74. The molecule has 1 N–H and O–H groups in total. The third kappa shape index (κ3) is 5.50. The van der Waals surface area contributed by atoms with E-state index in [0.717, 1.165) is 6.07 Å². The highest BCUT2D eigenvalue weighted by molar-refractivity contribution is 7.92. The topological polar surface area (TPSA) is 141 Å². The van der Waals surface area contributed by atoms with Gasteiger partial charge in [-0.15, -0.1) is 10.2 Å². The summed E-state index contributed by atoms with van der Waals surface area (Å²) < 4.78 is 59.9. The van der Waals surface area contributed by atoms with Crippen molar-refractivity contribution in [1.29, 1.82) is 5.26 Å². The van der Waals surface area contributed by atoms with Crippen LogP contribution in [0, 0.1) is 17.1 Å². The number of rotatable bonds is 10. The molecule has 0 atom stereocenters. The second-order valence-corrected chi connectivity index (χ2v) is 9.69. The van der Waals surface area contributed by atoms with Crippen molar-refractivity contribution in [3.05, 3.63) is 71.5 Å². The maximum Gasteiger partial charge on any atom is 0.243 e. The highest BCUT2D eigenvalue weighted by atomic mass is 32.2. The van der Waals surface area contributed by atoms with Gasteiger partial charge in [0, 0.05) is 6.07 Å². The predicted octanol–water partition coefficient (Wildman–Crippen LogP) is 3.35. The Hall–Kier alpha value is -4.70. The molecule has 0 saturated heterocycles. The number of hydrogen-bond acceptors (Lipinski definition) is 9. The molecule has 0 spiro atoms. The van der Waals surface area contributed by atoms with Gasteiger partial charge in [-0.1, -0.05) is 18.2 Å². The zero-order chi connectivity index (χ0) is 27.3. The quantitative estimate of drug-likeness (QED) is 0.322. The standard InChI is InChI=1S/C25H23FN6O5S/c1-35-20-7-5-8-21(36-2)23(20)32-24(19-6-4-9-22(28-19)37-3)29-30-25(32)31-38(33,34)13-12-16-10-11-18(26)14-17(16)15-27/h4-11,14H,12-13H2,1-3H3,(H,30,31). The van der Waals surface area contributed by atoms with Crippen LogP contribution < -0.4 is 18.9 Å². The van der Waals surface area contributed by atoms with Gasteiger partial charge in [-0.3, -0.25) is 9.29 Å². The van der Waals surface area contributed by atoms with Gasteiger partial charge in [0.25, 0.3) is 0 Å². The minimum atomic E-state index is -4.02. The first-order valence-electron chi connectivity index (χ1n) is 11.2. The molecule has 0 amide bonds. The van der Waals surface area contributed by atoms with Gasteiger partial charge in [0.05, 0.1) is 38.7 Å². The maximum atomic E-state index is 13.5. The number of halogens is 1. The molecule has 0 aliphatic carbocycles. The molecule has 4 rings (SSSR count). The normalized spacial score (nSPS) is 11.0. The lowest BCUT2D eigenvalue weighted by Gasteiger charge is -2.17. The van der Waals surface area contributed by atoms with Crippen LogP contribution in [0.2, 0.25) is 0 Å². The molecule has 0 bridgehead atoms. The van der Waals surface area contributed by atoms with Gasteiger partial charge in [-0.05, 0) is 42.3 Å². The minimum absolute atomic E-state index is 0.0328. The van der Waals surface area contributed by atoms with Crippen LogP contribution in [0.15, 0.2) is 54.6 Å². The molecule has 0 aliphatic heterocycles. The molecule has 0 unspecified atom stereocenters. The van der Waals surface area contributed by atoms with E-state index in [0.29, 0.717) is 34.3 Å². The molecule has 4 aromatic rings. The Bertz CT molecular complexity index is 1590. The molecule has 0 saturated carbocycles. The van der Waals surface area contributed by atoms with Crippen molar-refractivity contribution in [2.75, 3.05) is 31.8 Å². The lowest BCUT2D eigenvalue weighted by atomic mass is 10.1. The van der Waals surface area contributed by atoms with Crippen LogP contribution in [0.4, 0.5) is 10.3 Å². The molecule has 2 aromatic carbocycles. The number of aromatic nitrogens is 4. The van der Waals surface area contributed by atoms with Gasteiger partial charge in [-0.25, -0.2) is 17.8 Å². The Balaban J connectivity index is 1.78. The molecule has 0 radical (unpaired) electrons. The van der Waals surface area contributed by atoms with Gasteiger partial charge in [0.15, 0.2) is 5.82 Å². The largest absolute Gasteiger partial charge is 0.494 e. The van der Waals surface area contributed by atoms with Gasteiger partial charge < -0.3 is 14.2 Å². The smallest absolute Gasteiger partial charge is 0.243 e. The van der Waals surface area contributed by atoms with Crippen LogP contribution >= 0.6 is 0 Å². The molecular weight excluding hydrogens is 515 g/mol. The Labute approximate surface area is 218 Å². The number of methoxy groups -OCH3 is 3. The molecular formula is C25H23FN6O5S. The molecule has 13 heteroatoms. The molecule has 38 heavy (non-hydrogen) atoms. The highest BCUT2D eigenvalue weighted by Crippen LogP contribution is 2.37. The van der Waals surface area contributed by atoms with E-state index in [1.54, 1.807) is 36.4 Å². The molecule has 0 fully saturated rings. The van der Waals surface area contributed by atoms with E-state index in [9.17, 15) is 18.1 Å². The number of nitrogens with zero attached hydrogens (tertiary/aromatic N) is 5. The number of nitrogens with one attached hydrogen (secondary N) is 1. The van der Waals surface area contributed by atoms with Crippen LogP contribution in [0.3, 0.4) is 0 Å². The Morgan fingerprint density at radius 2 is 1.71 bits per heavy atom. The first-order chi connectivity index (χ1) is 18.3. The summed E-state index contributed by atoms with van der Waals surface area (Å²) >= 11 is 0. The van der Waals surface area contributed by atoms with E-state index >= 15 is 0 Å². The van der Waals surface area contributed by atoms with Gasteiger partial charge in [0.1, 0.15) is 28.7 Å². The lowest BCUT2D eigenvalue weighted by molar-refractivity contribution is 0.391. The van der Waals surface area contributed by atoms with Crippen LogP contribution in [0.5, 0.6) is 17.4 Å². The Kier molecular flexibility index (Phi) is 7.73. The highest BCUT2D eigenvalue weighted by Gasteiger charge is 2.26. The Morgan fingerprint density at radius 3 is 2.37 bits per heavy atom. The summed E-state index contributed by atoms with van der Waals surface area (Å²) in [6.45, 7) is 0. The van der Waals surface area contributed by atoms with E-state index in [4.69, 9.17) is 14.2 Å². The molecule has 0 aliphatic rings. The minimum Gasteiger partial charge on any atom is -0.494 e. The van der Waals surface area contributed by atoms with Crippen molar-refractivity contribution in [2.45, 2.75) is 6.42 Å². The number of para-hydroxylation sites is 1. The molecule has 11 nitrogen and oxygen atoms in total. The van der Waals surface area contributed by atoms with Crippen molar-refractivity contribution in [1.82, 2.24) is 19.7 Å². The monoisotopic (exact) mass is 538 g/mol. The van der Waals surface area contributed by atoms with E-state index in [-0.39, 0.29) is 23.8 Å². The second kappa shape index (κ2) is 11.1. The van der Waals surface area contributed by atoms with E-state index in [1.165, 1.54) is 38.0 Å². The van der Waals surface area contributed by atoms with Gasteiger partial charge in [-0.2, -0.15) is 5.26 Å². The van der Waals surface area contributed by atoms with E-state index in [2.05, 4.69) is 19.9 Å². The third-order valence-electron chi connectivity index (χ3n) is 5.53. The number of aryl methyl sites for hydroxylation is 1. The summed E-state index contributed by atoms with van der Waals surface area (Å²) in [6.07, 6.45) is -0.0328. The van der Waals surface area contributed by atoms with Crippen LogP contribution in [0.25, 0.3) is 17.2 Å². The number of nitriles is 1. The van der Waals surface area contributed by atoms with Crippen molar-refractivity contribution >= 4 is 16.0 Å². The van der Waals surface area contributed by atoms with E-state index < -0.39 is 21.6 Å². The molecule has 196 valence electrons. The summed E-state index contributed by atoms with van der Waals surface area (Å²) in [5, 5.41) is 17.6. The first kappa shape index (κ1) is 26.4. The van der Waals surface area contributed by atoms with Gasteiger partial charge >= 0.3 is 0 Å². The average molecular weight is 539 g/mol. The third-order valence-corrected chi connectivity index (χ3v) is 6.76. The molecule has 2 heterocycles. The number of hydrogen-bond donors (Lipinski definition) is 1. The van der Waals surface area contributed by atoms with E-state index in [1.807, 2.05) is 6.07 Å². The molecule has 2 aromatic heterocycles. The average Bonchev–Trinajstić information content (AvgIpc) is 3.33. The summed E-state index contributed by atoms with van der Waals surface area (Å²) in [5.41, 5.74) is 1.15. The van der Waals surface area contributed by atoms with Crippen LogP contribution in [-0.2, 0) is 16.4 Å². The van der Waals surface area contributed by atoms with Crippen LogP contribution in [0.1, 0.15) is 11.1 Å². The number of benzene rings is 2. The first-order valence-corrected chi connectivity index (χ1v) is 12.8. The number of sulfonamides is 1. The second-order valence-electron chi connectivity index (χ2n) is 7.84. The zero-order valence-corrected chi connectivity index (χ0v) is 21.5. The fourth-order valence-corrected chi connectivity index (χ4v) is 4.74. The number of ether oxygens (including phenoxy) is 3. The number of pyridine rings is 1. The van der Waals surface area contributed by atoms with Crippen molar-refractivity contribution in [3.8, 4) is 40.7 Å². The van der Waals surface area contributed by atoms with Crippen molar-refractivity contribution < 1.29 is 27.0 Å². The predicted molar refractivity (Wildman–Crippen MR) is 136 cm³/mol. The van der Waals surface area contributed by atoms with Crippen LogP contribution in [-0.4, -0.2) is 55.2 Å². The SMILES string of the molecule is COc1cccc(-c2nnc(NS(=O)(=O)CCc3ccc(F)cc3C#N)n2-c2c(OC)cccc2OC)n1. The lowest BCUT2D eigenvalue weighted by Crippen LogP contribution is -2.21. The maximum absolute atomic E-state index is 13.5. The summed E-state index contributed by atoms with van der Waals surface area (Å²) in [5.74, 6) is 0.0949.